The highest BCUT2D eigenvalue weighted by Gasteiger charge is 2.70. The number of nitrogens with one attached hydrogen (secondary N) is 2. The molecule has 1 aliphatic heterocycles. The fourth-order valence-electron chi connectivity index (χ4n) is 4.31. The van der Waals surface area contributed by atoms with Gasteiger partial charge in [0, 0.05) is 17.2 Å². The van der Waals surface area contributed by atoms with Gasteiger partial charge in [-0.3, -0.25) is 14.6 Å². The maximum Gasteiger partial charge on any atom is 0.422 e. The number of nitrogens with two attached hydrogens (primary N) is 1. The molecule has 0 spiro atoms. The number of aliphatic imine (C=N–C) groups is 1. The van der Waals surface area contributed by atoms with Crippen LogP contribution in [0.5, 0.6) is 5.88 Å². The van der Waals surface area contributed by atoms with Crippen molar-refractivity contribution in [2.24, 2.45) is 16.6 Å². The van der Waals surface area contributed by atoms with Crippen molar-refractivity contribution in [2.75, 3.05) is 11.9 Å². The number of alkyl halides is 5. The van der Waals surface area contributed by atoms with E-state index in [2.05, 4.69) is 30.3 Å². The number of aromatic nitrogens is 2. The van der Waals surface area contributed by atoms with Crippen molar-refractivity contribution < 1.29 is 40.7 Å². The molecule has 2 unspecified atom stereocenters. The summed E-state index contributed by atoms with van der Waals surface area (Å²) in [5.74, 6) is -3.17. The Bertz CT molecular complexity index is 1310. The van der Waals surface area contributed by atoms with Crippen molar-refractivity contribution in [2.45, 2.75) is 49.2 Å². The maximum absolute atomic E-state index is 15.1. The van der Waals surface area contributed by atoms with Crippen LogP contribution in [0, 0.1) is 11.7 Å². The first-order valence-electron chi connectivity index (χ1n) is 11.4. The normalized spacial score (nSPS) is 24.8. The fourth-order valence-corrected chi connectivity index (χ4v) is 5.69. The molecule has 2 aliphatic rings. The van der Waals surface area contributed by atoms with E-state index in [1.165, 1.54) is 19.1 Å². The molecule has 1 fully saturated rings. The monoisotopic (exact) mass is 576 g/mol. The smallest absolute Gasteiger partial charge is 0.422 e. The quantitative estimate of drug-likeness (QED) is 0.409. The number of carbonyl (C=O) groups excluding carboxylic acids is 2. The highest BCUT2D eigenvalue weighted by atomic mass is 32.2. The van der Waals surface area contributed by atoms with E-state index in [4.69, 9.17) is 5.73 Å². The molecule has 4 atom stereocenters. The van der Waals surface area contributed by atoms with E-state index >= 15 is 4.39 Å². The average molecular weight is 577 g/mol. The van der Waals surface area contributed by atoms with Crippen LogP contribution in [0.1, 0.15) is 36.3 Å². The highest BCUT2D eigenvalue weighted by molar-refractivity contribution is 8.15. The zero-order valence-corrected chi connectivity index (χ0v) is 21.2. The van der Waals surface area contributed by atoms with E-state index in [0.717, 1.165) is 30.2 Å². The number of nitrogens with zero attached hydrogens (tertiary/aromatic N) is 3. The van der Waals surface area contributed by atoms with Gasteiger partial charge in [-0.05, 0) is 38.5 Å². The van der Waals surface area contributed by atoms with Gasteiger partial charge in [0.25, 0.3) is 12.3 Å². The Labute approximate surface area is 222 Å². The number of rotatable bonds is 8. The summed E-state index contributed by atoms with van der Waals surface area (Å²) in [6.07, 6.45) is -5.39. The Morgan fingerprint density at radius 2 is 1.97 bits per heavy atom. The molecular formula is C23H22F6N6O3S. The number of benzene rings is 1. The lowest BCUT2D eigenvalue weighted by Gasteiger charge is -2.34. The molecule has 0 radical (unpaired) electrons. The third-order valence-corrected chi connectivity index (χ3v) is 7.65. The number of thioether (sulfide) groups is 1. The molecule has 0 saturated heterocycles. The molecule has 0 bridgehead atoms. The van der Waals surface area contributed by atoms with Crippen LogP contribution in [0.3, 0.4) is 0 Å². The first-order chi connectivity index (χ1) is 18.1. The molecule has 2 aromatic rings. The number of hydrogen-bond acceptors (Lipinski definition) is 8. The third kappa shape index (κ3) is 5.89. The number of anilines is 1. The van der Waals surface area contributed by atoms with Crippen LogP contribution < -0.4 is 21.1 Å². The minimum absolute atomic E-state index is 0.00659. The molecule has 1 aliphatic carbocycles. The Kier molecular flexibility index (Phi) is 7.44. The predicted octanol–water partition coefficient (Wildman–Crippen LogP) is 3.61. The molecule has 4 N–H and O–H groups in total. The van der Waals surface area contributed by atoms with Crippen LogP contribution in [0.25, 0.3) is 0 Å². The van der Waals surface area contributed by atoms with Crippen molar-refractivity contribution in [3.8, 4) is 5.88 Å². The number of halogens is 6. The van der Waals surface area contributed by atoms with Gasteiger partial charge in [-0.25, -0.2) is 23.1 Å². The molecular weight excluding hydrogens is 554 g/mol. The lowest BCUT2D eigenvalue weighted by molar-refractivity contribution is -0.154. The van der Waals surface area contributed by atoms with Crippen molar-refractivity contribution in [3.63, 3.8) is 0 Å². The summed E-state index contributed by atoms with van der Waals surface area (Å²) in [4.78, 5) is 37.3. The molecule has 39 heavy (non-hydrogen) atoms. The first-order valence-corrected chi connectivity index (χ1v) is 12.2. The Morgan fingerprint density at radius 3 is 2.59 bits per heavy atom. The SMILES string of the molecule is CC(NC(=O)[C@]12CC1[C@@](C)(c1cc(NC(=O)c3cnc(OCC(F)(F)F)cn3)ccc1F)N=C(N)S2)C(F)F. The first kappa shape index (κ1) is 28.4. The summed E-state index contributed by atoms with van der Waals surface area (Å²) in [6.45, 7) is 1.15. The lowest BCUT2D eigenvalue weighted by Crippen LogP contribution is -2.48. The van der Waals surface area contributed by atoms with E-state index in [1.54, 1.807) is 6.92 Å². The zero-order valence-electron chi connectivity index (χ0n) is 20.4. The van der Waals surface area contributed by atoms with E-state index in [-0.39, 0.29) is 28.5 Å². The molecule has 2 amide bonds. The molecule has 2 heterocycles. The molecule has 4 rings (SSSR count). The maximum atomic E-state index is 15.1. The van der Waals surface area contributed by atoms with E-state index < -0.39 is 65.0 Å². The van der Waals surface area contributed by atoms with Crippen LogP contribution in [0.2, 0.25) is 0 Å². The van der Waals surface area contributed by atoms with Gasteiger partial charge in [-0.15, -0.1) is 0 Å². The van der Waals surface area contributed by atoms with Gasteiger partial charge in [0.2, 0.25) is 11.8 Å². The van der Waals surface area contributed by atoms with Crippen LogP contribution in [-0.2, 0) is 10.3 Å². The second kappa shape index (κ2) is 10.2. The topological polar surface area (TPSA) is 132 Å². The Balaban J connectivity index is 1.53. The minimum Gasteiger partial charge on any atom is -0.467 e. The van der Waals surface area contributed by atoms with Crippen LogP contribution >= 0.6 is 11.8 Å². The van der Waals surface area contributed by atoms with Crippen LogP contribution in [0.15, 0.2) is 35.6 Å². The third-order valence-electron chi connectivity index (χ3n) is 6.35. The van der Waals surface area contributed by atoms with Gasteiger partial charge in [0.05, 0.1) is 24.0 Å². The molecule has 1 saturated carbocycles. The standard InChI is InChI=1S/C23H22F6N6O3S/c1-10(17(25)26)33-19(37)22-6-15(22)21(2,35-20(30)39-22)12-5-11(3-4-13(12)24)34-18(36)14-7-32-16(8-31-14)38-9-23(27,28)29/h3-5,7-8,10,15,17H,6,9H2,1-2H3,(H2,30,35)(H,33,37)(H,34,36)/t10?,15?,21-,22+/m1/s1. The second-order valence-electron chi connectivity index (χ2n) is 9.23. The lowest BCUT2D eigenvalue weighted by atomic mass is 9.85. The number of amides is 2. The minimum atomic E-state index is -4.57. The summed E-state index contributed by atoms with van der Waals surface area (Å²) in [5.41, 5.74) is 4.49. The van der Waals surface area contributed by atoms with Gasteiger partial charge >= 0.3 is 6.18 Å². The summed E-state index contributed by atoms with van der Waals surface area (Å²) >= 11 is 0.936. The molecule has 1 aromatic carbocycles. The Hall–Kier alpha value is -3.56. The van der Waals surface area contributed by atoms with Gasteiger partial charge in [0.1, 0.15) is 16.3 Å². The van der Waals surface area contributed by atoms with E-state index in [9.17, 15) is 31.5 Å². The average Bonchev–Trinajstić information content (AvgIpc) is 3.60. The number of hydrogen-bond donors (Lipinski definition) is 3. The summed E-state index contributed by atoms with van der Waals surface area (Å²) in [6, 6.07) is 2.24. The largest absolute Gasteiger partial charge is 0.467 e. The van der Waals surface area contributed by atoms with Gasteiger partial charge < -0.3 is 21.1 Å². The molecule has 210 valence electrons. The Morgan fingerprint density at radius 1 is 1.26 bits per heavy atom. The molecule has 1 aromatic heterocycles. The summed E-state index contributed by atoms with van der Waals surface area (Å²) < 4.78 is 81.1. The predicted molar refractivity (Wildman–Crippen MR) is 129 cm³/mol. The van der Waals surface area contributed by atoms with Gasteiger partial charge in [-0.1, -0.05) is 11.8 Å². The number of fused-ring (bicyclic) bond motifs is 1. The molecule has 9 nitrogen and oxygen atoms in total. The van der Waals surface area contributed by atoms with Crippen molar-refractivity contribution >= 4 is 34.4 Å². The number of carbonyl (C=O) groups is 2. The summed E-state index contributed by atoms with van der Waals surface area (Å²) in [7, 11) is 0. The van der Waals surface area contributed by atoms with Crippen LogP contribution in [0.4, 0.5) is 32.0 Å². The zero-order chi connectivity index (χ0) is 28.8. The van der Waals surface area contributed by atoms with E-state index in [1.807, 2.05) is 0 Å². The van der Waals surface area contributed by atoms with Crippen molar-refractivity contribution in [1.29, 1.82) is 0 Å². The second-order valence-corrected chi connectivity index (χ2v) is 10.6. The van der Waals surface area contributed by atoms with Gasteiger partial charge in [-0.2, -0.15) is 13.2 Å². The fraction of sp³-hybridized carbons (Fsp3) is 0.435. The number of ether oxygens (including phenoxy) is 1. The van der Waals surface area contributed by atoms with Crippen molar-refractivity contribution in [3.05, 3.63) is 47.7 Å². The number of amidine groups is 1. The summed E-state index contributed by atoms with van der Waals surface area (Å²) in [5, 5.41) is 4.75. The molecule has 16 heteroatoms. The van der Waals surface area contributed by atoms with Crippen LogP contribution in [-0.4, -0.2) is 56.9 Å². The van der Waals surface area contributed by atoms with Gasteiger partial charge in [0.15, 0.2) is 11.8 Å². The van der Waals surface area contributed by atoms with E-state index in [0.29, 0.717) is 0 Å². The van der Waals surface area contributed by atoms with Crippen molar-refractivity contribution in [1.82, 2.24) is 15.3 Å². The highest BCUT2D eigenvalue weighted by Crippen LogP contribution is 2.66.